The number of hydrogen-bond acceptors (Lipinski definition) is 3. The molecule has 0 aliphatic rings. The molecule has 154 valence electrons. The summed E-state index contributed by atoms with van der Waals surface area (Å²) in [6.07, 6.45) is -0.738. The van der Waals surface area contributed by atoms with Crippen molar-refractivity contribution in [3.8, 4) is 5.75 Å². The van der Waals surface area contributed by atoms with E-state index < -0.39 is 6.17 Å². The Labute approximate surface area is 192 Å². The van der Waals surface area contributed by atoms with Gasteiger partial charge in [0.15, 0.2) is 0 Å². The largest absolute Gasteiger partial charge is 0.494 e. The number of hydrogen-bond donors (Lipinski definition) is 2. The van der Waals surface area contributed by atoms with Gasteiger partial charge in [0.25, 0.3) is 11.8 Å². The maximum absolute atomic E-state index is 12.8. The van der Waals surface area contributed by atoms with Crippen molar-refractivity contribution >= 4 is 43.7 Å². The zero-order chi connectivity index (χ0) is 21.5. The molecule has 2 N–H and O–H groups in total. The number of ether oxygens (including phenoxy) is 1. The molecule has 0 atom stereocenters. The van der Waals surface area contributed by atoms with Crippen LogP contribution in [0.5, 0.6) is 5.75 Å². The molecule has 5 nitrogen and oxygen atoms in total. The van der Waals surface area contributed by atoms with E-state index in [1.807, 2.05) is 25.1 Å². The average Bonchev–Trinajstić information content (AvgIpc) is 2.74. The molecule has 0 spiro atoms. The third kappa shape index (κ3) is 5.93. The van der Waals surface area contributed by atoms with Crippen molar-refractivity contribution in [2.45, 2.75) is 13.1 Å². The van der Waals surface area contributed by atoms with Crippen molar-refractivity contribution in [3.05, 3.63) is 98.4 Å². The number of rotatable bonds is 7. The molecule has 3 rings (SSSR count). The van der Waals surface area contributed by atoms with E-state index in [4.69, 9.17) is 4.74 Å². The molecule has 0 saturated heterocycles. The van der Waals surface area contributed by atoms with Gasteiger partial charge < -0.3 is 15.4 Å². The average molecular weight is 532 g/mol. The van der Waals surface area contributed by atoms with Crippen LogP contribution in [-0.2, 0) is 0 Å². The summed E-state index contributed by atoms with van der Waals surface area (Å²) in [5, 5.41) is 5.80. The second-order valence-electron chi connectivity index (χ2n) is 6.40. The Balaban J connectivity index is 1.86. The minimum Gasteiger partial charge on any atom is -0.494 e. The van der Waals surface area contributed by atoms with Gasteiger partial charge in [-0.15, -0.1) is 0 Å². The first kappa shape index (κ1) is 22.1. The van der Waals surface area contributed by atoms with Gasteiger partial charge in [-0.3, -0.25) is 9.59 Å². The predicted octanol–water partition coefficient (Wildman–Crippen LogP) is 5.47. The summed E-state index contributed by atoms with van der Waals surface area (Å²) in [7, 11) is 0. The first-order chi connectivity index (χ1) is 14.5. The Bertz CT molecular complexity index is 962. The van der Waals surface area contributed by atoms with Gasteiger partial charge in [-0.2, -0.15) is 0 Å². The first-order valence-electron chi connectivity index (χ1n) is 9.32. The Kier molecular flexibility index (Phi) is 7.65. The van der Waals surface area contributed by atoms with Gasteiger partial charge >= 0.3 is 0 Å². The van der Waals surface area contributed by atoms with Crippen LogP contribution in [0.1, 0.15) is 39.4 Å². The Morgan fingerprint density at radius 3 is 1.80 bits per heavy atom. The molecule has 7 heteroatoms. The van der Waals surface area contributed by atoms with E-state index in [9.17, 15) is 9.59 Å². The molecular formula is C23H20Br2N2O3. The monoisotopic (exact) mass is 530 g/mol. The van der Waals surface area contributed by atoms with Crippen LogP contribution in [0, 0.1) is 0 Å². The van der Waals surface area contributed by atoms with Crippen molar-refractivity contribution < 1.29 is 14.3 Å². The summed E-state index contributed by atoms with van der Waals surface area (Å²) < 4.78 is 7.32. The summed E-state index contributed by atoms with van der Waals surface area (Å²) in [4.78, 5) is 25.6. The van der Waals surface area contributed by atoms with Gasteiger partial charge in [0, 0.05) is 20.1 Å². The van der Waals surface area contributed by atoms with Gasteiger partial charge in [0.05, 0.1) is 6.61 Å². The second-order valence-corrected chi connectivity index (χ2v) is 8.23. The third-order valence-electron chi connectivity index (χ3n) is 4.27. The summed E-state index contributed by atoms with van der Waals surface area (Å²) >= 11 is 6.72. The van der Waals surface area contributed by atoms with Crippen LogP contribution in [0.4, 0.5) is 0 Å². The zero-order valence-corrected chi connectivity index (χ0v) is 19.4. The molecule has 0 aliphatic heterocycles. The fourth-order valence-corrected chi connectivity index (χ4v) is 3.31. The SMILES string of the molecule is CCOc1cccc(C(NC(=O)c2ccc(Br)cc2)NC(=O)c2ccc(Br)cc2)c1. The lowest BCUT2D eigenvalue weighted by Crippen LogP contribution is -2.41. The predicted molar refractivity (Wildman–Crippen MR) is 124 cm³/mol. The smallest absolute Gasteiger partial charge is 0.253 e. The Hall–Kier alpha value is -2.64. The molecule has 0 bridgehead atoms. The van der Waals surface area contributed by atoms with Crippen molar-refractivity contribution in [2.75, 3.05) is 6.61 Å². The van der Waals surface area contributed by atoms with Crippen LogP contribution in [0.3, 0.4) is 0 Å². The van der Waals surface area contributed by atoms with Crippen LogP contribution in [0.25, 0.3) is 0 Å². The van der Waals surface area contributed by atoms with Crippen LogP contribution in [0.2, 0.25) is 0 Å². The molecule has 2 amide bonds. The van der Waals surface area contributed by atoms with E-state index >= 15 is 0 Å². The van der Waals surface area contributed by atoms with Gasteiger partial charge in [0.1, 0.15) is 11.9 Å². The highest BCUT2D eigenvalue weighted by atomic mass is 79.9. The van der Waals surface area contributed by atoms with Gasteiger partial charge in [0.2, 0.25) is 0 Å². The van der Waals surface area contributed by atoms with Crippen LogP contribution >= 0.6 is 31.9 Å². The van der Waals surface area contributed by atoms with E-state index in [0.29, 0.717) is 29.0 Å². The lowest BCUT2D eigenvalue weighted by atomic mass is 10.1. The molecular weight excluding hydrogens is 512 g/mol. The number of amides is 2. The summed E-state index contributed by atoms with van der Waals surface area (Å²) in [6, 6.07) is 21.3. The molecule has 30 heavy (non-hydrogen) atoms. The number of carbonyl (C=O) groups excluding carboxylic acids is 2. The van der Waals surface area contributed by atoms with Crippen molar-refractivity contribution in [3.63, 3.8) is 0 Å². The number of nitrogens with one attached hydrogen (secondary N) is 2. The molecule has 3 aromatic carbocycles. The van der Waals surface area contributed by atoms with Crippen molar-refractivity contribution in [1.29, 1.82) is 0 Å². The quantitative estimate of drug-likeness (QED) is 0.397. The summed E-state index contributed by atoms with van der Waals surface area (Å²) in [5.74, 6) is 0.0617. The van der Waals surface area contributed by atoms with E-state index in [0.717, 1.165) is 8.95 Å². The second kappa shape index (κ2) is 10.4. The molecule has 3 aromatic rings. The van der Waals surface area contributed by atoms with Crippen molar-refractivity contribution in [1.82, 2.24) is 10.6 Å². The van der Waals surface area contributed by atoms with Crippen LogP contribution in [0.15, 0.2) is 81.7 Å². The highest BCUT2D eigenvalue weighted by Crippen LogP contribution is 2.20. The molecule has 0 fully saturated rings. The lowest BCUT2D eigenvalue weighted by molar-refractivity contribution is 0.0883. The summed E-state index contributed by atoms with van der Waals surface area (Å²) in [6.45, 7) is 2.42. The first-order valence-corrected chi connectivity index (χ1v) is 10.9. The Morgan fingerprint density at radius 1 is 0.833 bits per heavy atom. The highest BCUT2D eigenvalue weighted by Gasteiger charge is 2.19. The minimum absolute atomic E-state index is 0.301. The number of halogens is 2. The standard InChI is InChI=1S/C23H20Br2N2O3/c1-2-30-20-5-3-4-17(14-20)21(26-22(28)15-6-10-18(24)11-7-15)27-23(29)16-8-12-19(25)13-9-16/h3-14,21H,2H2,1H3,(H,26,28)(H,27,29). The van der Waals surface area contributed by atoms with E-state index in [1.165, 1.54) is 0 Å². The number of carbonyl (C=O) groups is 2. The normalized spacial score (nSPS) is 10.5. The lowest BCUT2D eigenvalue weighted by Gasteiger charge is -2.21. The van der Waals surface area contributed by atoms with Gasteiger partial charge in [-0.25, -0.2) is 0 Å². The maximum Gasteiger partial charge on any atom is 0.253 e. The molecule has 0 unspecified atom stereocenters. The van der Waals surface area contributed by atoms with E-state index in [1.54, 1.807) is 54.6 Å². The molecule has 0 heterocycles. The third-order valence-corrected chi connectivity index (χ3v) is 5.32. The van der Waals surface area contributed by atoms with Crippen molar-refractivity contribution in [2.24, 2.45) is 0 Å². The van der Waals surface area contributed by atoms with E-state index in [-0.39, 0.29) is 11.8 Å². The van der Waals surface area contributed by atoms with Gasteiger partial charge in [-0.05, 0) is 73.2 Å². The van der Waals surface area contributed by atoms with E-state index in [2.05, 4.69) is 42.5 Å². The zero-order valence-electron chi connectivity index (χ0n) is 16.2. The molecule has 0 radical (unpaired) electrons. The Morgan fingerprint density at radius 2 is 1.33 bits per heavy atom. The molecule has 0 aliphatic carbocycles. The highest BCUT2D eigenvalue weighted by molar-refractivity contribution is 9.10. The minimum atomic E-state index is -0.738. The molecule has 0 saturated carbocycles. The van der Waals surface area contributed by atoms with Crippen LogP contribution < -0.4 is 15.4 Å². The maximum atomic E-state index is 12.8. The van der Waals surface area contributed by atoms with Crippen LogP contribution in [-0.4, -0.2) is 18.4 Å². The number of benzene rings is 3. The summed E-state index contributed by atoms with van der Waals surface area (Å²) in [5.41, 5.74) is 1.68. The molecule has 0 aromatic heterocycles. The van der Waals surface area contributed by atoms with Gasteiger partial charge in [-0.1, -0.05) is 44.0 Å². The fourth-order valence-electron chi connectivity index (χ4n) is 2.78. The fraction of sp³-hybridized carbons (Fsp3) is 0.130. The topological polar surface area (TPSA) is 67.4 Å².